The van der Waals surface area contributed by atoms with Crippen molar-refractivity contribution in [3.8, 4) is 0 Å². The van der Waals surface area contributed by atoms with Crippen molar-refractivity contribution in [1.29, 1.82) is 0 Å². The van der Waals surface area contributed by atoms with Gasteiger partial charge in [-0.3, -0.25) is 4.79 Å². The Morgan fingerprint density at radius 2 is 2.33 bits per heavy atom. The van der Waals surface area contributed by atoms with Crippen LogP contribution >= 0.6 is 11.3 Å². The number of benzene rings is 1. The molecule has 1 amide bonds. The lowest BCUT2D eigenvalue weighted by Gasteiger charge is -2.09. The van der Waals surface area contributed by atoms with E-state index in [2.05, 4.69) is 24.1 Å². The SMILES string of the molecule is CCC(C)CNC(=O)c1ccc2nc(N)sc2c1. The summed E-state index contributed by atoms with van der Waals surface area (Å²) >= 11 is 1.40. The highest BCUT2D eigenvalue weighted by Gasteiger charge is 2.09. The molecule has 1 atom stereocenters. The molecule has 1 aromatic carbocycles. The van der Waals surface area contributed by atoms with Gasteiger partial charge in [0.2, 0.25) is 0 Å². The van der Waals surface area contributed by atoms with Crippen molar-refractivity contribution in [2.24, 2.45) is 5.92 Å². The quantitative estimate of drug-likeness (QED) is 0.891. The zero-order chi connectivity index (χ0) is 13.1. The molecule has 0 fully saturated rings. The fourth-order valence-electron chi connectivity index (χ4n) is 1.60. The average Bonchev–Trinajstić information content (AvgIpc) is 2.74. The summed E-state index contributed by atoms with van der Waals surface area (Å²) in [7, 11) is 0. The Kier molecular flexibility index (Phi) is 3.81. The number of carbonyl (C=O) groups is 1. The van der Waals surface area contributed by atoms with Gasteiger partial charge < -0.3 is 11.1 Å². The van der Waals surface area contributed by atoms with Gasteiger partial charge in [0.15, 0.2) is 5.13 Å². The Bertz CT molecular complexity index is 564. The molecular weight excluding hydrogens is 246 g/mol. The smallest absolute Gasteiger partial charge is 0.251 e. The lowest BCUT2D eigenvalue weighted by molar-refractivity contribution is 0.0948. The van der Waals surface area contributed by atoms with Crippen molar-refractivity contribution in [3.63, 3.8) is 0 Å². The number of aromatic nitrogens is 1. The largest absolute Gasteiger partial charge is 0.375 e. The van der Waals surface area contributed by atoms with Crippen LogP contribution in [0.1, 0.15) is 30.6 Å². The normalized spacial score (nSPS) is 12.6. The number of amides is 1. The minimum absolute atomic E-state index is 0.0378. The number of nitrogens with two attached hydrogens (primary N) is 1. The van der Waals surface area contributed by atoms with Crippen LogP contribution in [0.5, 0.6) is 0 Å². The predicted molar refractivity (Wildman–Crippen MR) is 75.8 cm³/mol. The van der Waals surface area contributed by atoms with Crippen LogP contribution in [0.25, 0.3) is 10.2 Å². The molecule has 96 valence electrons. The lowest BCUT2D eigenvalue weighted by Crippen LogP contribution is -2.27. The highest BCUT2D eigenvalue weighted by atomic mass is 32.1. The van der Waals surface area contributed by atoms with Crippen LogP contribution in [0.15, 0.2) is 18.2 Å². The Morgan fingerprint density at radius 3 is 3.06 bits per heavy atom. The maximum absolute atomic E-state index is 12.0. The van der Waals surface area contributed by atoms with E-state index in [9.17, 15) is 4.79 Å². The van der Waals surface area contributed by atoms with Crippen molar-refractivity contribution in [3.05, 3.63) is 23.8 Å². The minimum atomic E-state index is -0.0378. The summed E-state index contributed by atoms with van der Waals surface area (Å²) < 4.78 is 0.948. The number of nitrogen functional groups attached to an aromatic ring is 1. The van der Waals surface area contributed by atoms with Crippen LogP contribution in [0, 0.1) is 5.92 Å². The van der Waals surface area contributed by atoms with E-state index in [0.29, 0.717) is 23.2 Å². The first-order chi connectivity index (χ1) is 8.60. The van der Waals surface area contributed by atoms with Gasteiger partial charge in [-0.05, 0) is 24.1 Å². The minimum Gasteiger partial charge on any atom is -0.375 e. The molecule has 1 unspecified atom stereocenters. The number of hydrogen-bond donors (Lipinski definition) is 2. The summed E-state index contributed by atoms with van der Waals surface area (Å²) in [5.41, 5.74) is 7.15. The first-order valence-electron chi connectivity index (χ1n) is 6.04. The number of carbonyl (C=O) groups excluding carboxylic acids is 1. The van der Waals surface area contributed by atoms with Crippen molar-refractivity contribution < 1.29 is 4.79 Å². The zero-order valence-electron chi connectivity index (χ0n) is 10.6. The van der Waals surface area contributed by atoms with Gasteiger partial charge in [0.05, 0.1) is 10.2 Å². The molecule has 4 nitrogen and oxygen atoms in total. The lowest BCUT2D eigenvalue weighted by atomic mass is 10.1. The third kappa shape index (κ3) is 2.79. The predicted octanol–water partition coefficient (Wildman–Crippen LogP) is 2.65. The van der Waals surface area contributed by atoms with E-state index in [4.69, 9.17) is 5.73 Å². The van der Waals surface area contributed by atoms with Crippen LogP contribution in [0.3, 0.4) is 0 Å². The van der Waals surface area contributed by atoms with Crippen molar-refractivity contribution in [1.82, 2.24) is 10.3 Å². The Labute approximate surface area is 110 Å². The summed E-state index contributed by atoms with van der Waals surface area (Å²) in [6.45, 7) is 4.94. The standard InChI is InChI=1S/C13H17N3OS/c1-3-8(2)7-15-12(17)9-4-5-10-11(6-9)18-13(14)16-10/h4-6,8H,3,7H2,1-2H3,(H2,14,16)(H,15,17). The summed E-state index contributed by atoms with van der Waals surface area (Å²) in [4.78, 5) is 16.1. The summed E-state index contributed by atoms with van der Waals surface area (Å²) in [6, 6.07) is 5.46. The monoisotopic (exact) mass is 263 g/mol. The van der Waals surface area contributed by atoms with E-state index in [1.807, 2.05) is 12.1 Å². The van der Waals surface area contributed by atoms with E-state index >= 15 is 0 Å². The van der Waals surface area contributed by atoms with Crippen LogP contribution in [0.4, 0.5) is 5.13 Å². The van der Waals surface area contributed by atoms with Gasteiger partial charge in [-0.1, -0.05) is 31.6 Å². The first-order valence-corrected chi connectivity index (χ1v) is 6.86. The van der Waals surface area contributed by atoms with Crippen LogP contribution in [0.2, 0.25) is 0 Å². The molecular formula is C13H17N3OS. The Hall–Kier alpha value is -1.62. The van der Waals surface area contributed by atoms with Crippen molar-refractivity contribution >= 4 is 32.6 Å². The fourth-order valence-corrected chi connectivity index (χ4v) is 2.37. The number of nitrogens with one attached hydrogen (secondary N) is 1. The van der Waals surface area contributed by atoms with Gasteiger partial charge in [0.25, 0.3) is 5.91 Å². The van der Waals surface area contributed by atoms with E-state index < -0.39 is 0 Å². The molecule has 0 aliphatic rings. The molecule has 0 saturated heterocycles. The second-order valence-corrected chi connectivity index (χ2v) is 5.52. The number of rotatable bonds is 4. The van der Waals surface area contributed by atoms with Crippen molar-refractivity contribution in [2.45, 2.75) is 20.3 Å². The summed E-state index contributed by atoms with van der Waals surface area (Å²) in [5.74, 6) is 0.459. The third-order valence-electron chi connectivity index (χ3n) is 2.98. The molecule has 0 saturated carbocycles. The fraction of sp³-hybridized carbons (Fsp3) is 0.385. The molecule has 3 N–H and O–H groups in total. The molecule has 1 heterocycles. The molecule has 0 aliphatic carbocycles. The van der Waals surface area contributed by atoms with Gasteiger partial charge in [0.1, 0.15) is 0 Å². The molecule has 0 radical (unpaired) electrons. The second-order valence-electron chi connectivity index (χ2n) is 4.46. The van der Waals surface area contributed by atoms with Crippen LogP contribution in [-0.4, -0.2) is 17.4 Å². The van der Waals surface area contributed by atoms with Gasteiger partial charge >= 0.3 is 0 Å². The molecule has 18 heavy (non-hydrogen) atoms. The van der Waals surface area contributed by atoms with Crippen LogP contribution in [-0.2, 0) is 0 Å². The number of nitrogens with zero attached hydrogens (tertiary/aromatic N) is 1. The molecule has 2 rings (SSSR count). The summed E-state index contributed by atoms with van der Waals surface area (Å²) in [5, 5.41) is 3.46. The molecule has 2 aromatic rings. The Balaban J connectivity index is 2.12. The van der Waals surface area contributed by atoms with Crippen molar-refractivity contribution in [2.75, 3.05) is 12.3 Å². The van der Waals surface area contributed by atoms with Gasteiger partial charge in [-0.2, -0.15) is 0 Å². The summed E-state index contributed by atoms with van der Waals surface area (Å²) in [6.07, 6.45) is 1.06. The molecule has 0 aliphatic heterocycles. The maximum Gasteiger partial charge on any atom is 0.251 e. The molecule has 5 heteroatoms. The highest BCUT2D eigenvalue weighted by molar-refractivity contribution is 7.22. The molecule has 1 aromatic heterocycles. The Morgan fingerprint density at radius 1 is 1.56 bits per heavy atom. The van der Waals surface area contributed by atoms with Crippen LogP contribution < -0.4 is 11.1 Å². The van der Waals surface area contributed by atoms with E-state index in [0.717, 1.165) is 16.6 Å². The number of fused-ring (bicyclic) bond motifs is 1. The highest BCUT2D eigenvalue weighted by Crippen LogP contribution is 2.24. The number of hydrogen-bond acceptors (Lipinski definition) is 4. The van der Waals surface area contributed by atoms with Gasteiger partial charge in [-0.15, -0.1) is 0 Å². The third-order valence-corrected chi connectivity index (χ3v) is 3.82. The molecule has 0 bridgehead atoms. The van der Waals surface area contributed by atoms with E-state index in [1.54, 1.807) is 6.07 Å². The number of anilines is 1. The second kappa shape index (κ2) is 5.35. The molecule has 0 spiro atoms. The van der Waals surface area contributed by atoms with Gasteiger partial charge in [0, 0.05) is 12.1 Å². The van der Waals surface area contributed by atoms with E-state index in [-0.39, 0.29) is 5.91 Å². The average molecular weight is 263 g/mol. The topological polar surface area (TPSA) is 68.0 Å². The number of thiazole rings is 1. The first kappa shape index (κ1) is 12.8. The maximum atomic E-state index is 12.0. The zero-order valence-corrected chi connectivity index (χ0v) is 11.4. The van der Waals surface area contributed by atoms with Gasteiger partial charge in [-0.25, -0.2) is 4.98 Å². The van der Waals surface area contributed by atoms with E-state index in [1.165, 1.54) is 11.3 Å².